The second kappa shape index (κ2) is 8.67. The number of methoxy groups -OCH3 is 1. The summed E-state index contributed by atoms with van der Waals surface area (Å²) in [5.41, 5.74) is 2.73. The maximum Gasteiger partial charge on any atom is 0.251 e. The zero-order valence-corrected chi connectivity index (χ0v) is 14.7. The summed E-state index contributed by atoms with van der Waals surface area (Å²) in [6.07, 6.45) is 3.26. The molecule has 4 heteroatoms. The second-order valence-electron chi connectivity index (χ2n) is 6.44. The third-order valence-corrected chi connectivity index (χ3v) is 4.63. The predicted octanol–water partition coefficient (Wildman–Crippen LogP) is 3.91. The molecule has 0 bridgehead atoms. The quantitative estimate of drug-likeness (QED) is 0.778. The Morgan fingerprint density at radius 1 is 1.20 bits per heavy atom. The molecule has 1 heterocycles. The summed E-state index contributed by atoms with van der Waals surface area (Å²) >= 11 is 0. The van der Waals surface area contributed by atoms with E-state index in [0.717, 1.165) is 49.4 Å². The summed E-state index contributed by atoms with van der Waals surface area (Å²) < 4.78 is 10.7. The van der Waals surface area contributed by atoms with Crippen LogP contribution in [0.1, 0.15) is 29.6 Å². The molecule has 2 aromatic carbocycles. The van der Waals surface area contributed by atoms with E-state index < -0.39 is 0 Å². The van der Waals surface area contributed by atoms with E-state index in [1.165, 1.54) is 0 Å². The van der Waals surface area contributed by atoms with E-state index in [9.17, 15) is 4.79 Å². The van der Waals surface area contributed by atoms with Crippen LogP contribution in [0.3, 0.4) is 0 Å². The van der Waals surface area contributed by atoms with Gasteiger partial charge < -0.3 is 14.8 Å². The number of ether oxygens (including phenoxy) is 2. The number of nitrogens with one attached hydrogen (secondary N) is 1. The average Bonchev–Trinajstić information content (AvgIpc) is 3.19. The van der Waals surface area contributed by atoms with Gasteiger partial charge in [-0.05, 0) is 60.6 Å². The molecule has 1 N–H and O–H groups in total. The molecule has 1 aliphatic heterocycles. The third-order valence-electron chi connectivity index (χ3n) is 4.63. The lowest BCUT2D eigenvalue weighted by molar-refractivity contribution is 0.0952. The van der Waals surface area contributed by atoms with E-state index in [-0.39, 0.29) is 5.91 Å². The van der Waals surface area contributed by atoms with Gasteiger partial charge in [0, 0.05) is 25.3 Å². The second-order valence-corrected chi connectivity index (χ2v) is 6.44. The molecule has 0 spiro atoms. The molecule has 132 valence electrons. The highest BCUT2D eigenvalue weighted by Crippen LogP contribution is 2.24. The summed E-state index contributed by atoms with van der Waals surface area (Å²) in [5.74, 6) is 1.45. The zero-order chi connectivity index (χ0) is 17.5. The van der Waals surface area contributed by atoms with Gasteiger partial charge in [0.2, 0.25) is 0 Å². The van der Waals surface area contributed by atoms with Crippen LogP contribution in [-0.2, 0) is 4.74 Å². The number of hydrogen-bond donors (Lipinski definition) is 1. The number of carbonyl (C=O) groups excluding carboxylic acids is 1. The van der Waals surface area contributed by atoms with Gasteiger partial charge in [0.1, 0.15) is 5.75 Å². The molecule has 0 saturated carbocycles. The molecule has 1 aliphatic rings. The predicted molar refractivity (Wildman–Crippen MR) is 98.9 cm³/mol. The molecular weight excluding hydrogens is 314 g/mol. The number of amides is 1. The van der Waals surface area contributed by atoms with Crippen LogP contribution in [0.25, 0.3) is 11.1 Å². The molecule has 1 amide bonds. The fourth-order valence-electron chi connectivity index (χ4n) is 3.15. The Morgan fingerprint density at radius 3 is 2.76 bits per heavy atom. The lowest BCUT2D eigenvalue weighted by atomic mass is 10.0. The van der Waals surface area contributed by atoms with Crippen LogP contribution in [0.2, 0.25) is 0 Å². The molecule has 0 unspecified atom stereocenters. The Kier molecular flexibility index (Phi) is 6.07. The molecule has 4 nitrogen and oxygen atoms in total. The molecule has 0 radical (unpaired) electrons. The highest BCUT2D eigenvalue weighted by Gasteiger charge is 2.15. The van der Waals surface area contributed by atoms with Gasteiger partial charge in [-0.15, -0.1) is 0 Å². The minimum atomic E-state index is -0.0209. The summed E-state index contributed by atoms with van der Waals surface area (Å²) in [5, 5.41) is 3.02. The molecule has 25 heavy (non-hydrogen) atoms. The van der Waals surface area contributed by atoms with Crippen molar-refractivity contribution in [3.05, 3.63) is 54.1 Å². The van der Waals surface area contributed by atoms with Crippen molar-refractivity contribution in [2.75, 3.05) is 26.9 Å². The van der Waals surface area contributed by atoms with Gasteiger partial charge in [-0.1, -0.05) is 24.3 Å². The van der Waals surface area contributed by atoms with E-state index in [4.69, 9.17) is 9.47 Å². The van der Waals surface area contributed by atoms with Crippen molar-refractivity contribution in [3.63, 3.8) is 0 Å². The standard InChI is InChI=1S/C21H25NO3/c1-24-20-9-3-7-18(14-20)17-6-2-8-19(13-17)21(23)22-11-4-5-16-10-12-25-15-16/h2-3,6-9,13-14,16H,4-5,10-12,15H2,1H3,(H,22,23)/t16-/m0/s1. The highest BCUT2D eigenvalue weighted by atomic mass is 16.5. The normalized spacial score (nSPS) is 16.6. The van der Waals surface area contributed by atoms with Gasteiger partial charge in [0.25, 0.3) is 5.91 Å². The first-order valence-corrected chi connectivity index (χ1v) is 8.86. The SMILES string of the molecule is COc1cccc(-c2cccc(C(=O)NCCC[C@H]3CCOC3)c2)c1. The number of hydrogen-bond acceptors (Lipinski definition) is 3. The van der Waals surface area contributed by atoms with Gasteiger partial charge in [0.15, 0.2) is 0 Å². The topological polar surface area (TPSA) is 47.6 Å². The van der Waals surface area contributed by atoms with Crippen molar-refractivity contribution in [2.24, 2.45) is 5.92 Å². The van der Waals surface area contributed by atoms with Crippen molar-refractivity contribution in [3.8, 4) is 16.9 Å². The van der Waals surface area contributed by atoms with Crippen LogP contribution >= 0.6 is 0 Å². The van der Waals surface area contributed by atoms with Crippen LogP contribution in [0.5, 0.6) is 5.75 Å². The number of carbonyl (C=O) groups is 1. The molecule has 3 rings (SSSR count). The molecular formula is C21H25NO3. The van der Waals surface area contributed by atoms with E-state index >= 15 is 0 Å². The van der Waals surface area contributed by atoms with Gasteiger partial charge in [-0.2, -0.15) is 0 Å². The van der Waals surface area contributed by atoms with E-state index in [1.807, 2.05) is 48.5 Å². The van der Waals surface area contributed by atoms with Crippen LogP contribution < -0.4 is 10.1 Å². The largest absolute Gasteiger partial charge is 0.497 e. The smallest absolute Gasteiger partial charge is 0.251 e. The Hall–Kier alpha value is -2.33. The minimum Gasteiger partial charge on any atom is -0.497 e. The van der Waals surface area contributed by atoms with E-state index in [0.29, 0.717) is 18.0 Å². The van der Waals surface area contributed by atoms with Crippen LogP contribution in [-0.4, -0.2) is 32.8 Å². The van der Waals surface area contributed by atoms with Crippen molar-refractivity contribution in [1.82, 2.24) is 5.32 Å². The molecule has 1 fully saturated rings. The summed E-state index contributed by atoms with van der Waals surface area (Å²) in [6, 6.07) is 15.6. The lowest BCUT2D eigenvalue weighted by Crippen LogP contribution is -2.24. The minimum absolute atomic E-state index is 0.0209. The Balaban J connectivity index is 1.57. The van der Waals surface area contributed by atoms with Gasteiger partial charge in [0.05, 0.1) is 7.11 Å². The van der Waals surface area contributed by atoms with E-state index in [2.05, 4.69) is 5.32 Å². The van der Waals surface area contributed by atoms with Crippen molar-refractivity contribution in [2.45, 2.75) is 19.3 Å². The first-order valence-electron chi connectivity index (χ1n) is 8.86. The maximum absolute atomic E-state index is 12.4. The zero-order valence-electron chi connectivity index (χ0n) is 14.7. The van der Waals surface area contributed by atoms with Gasteiger partial charge in [-0.25, -0.2) is 0 Å². The van der Waals surface area contributed by atoms with Gasteiger partial charge >= 0.3 is 0 Å². The first-order chi connectivity index (χ1) is 12.3. The molecule has 0 aromatic heterocycles. The Morgan fingerprint density at radius 2 is 2.00 bits per heavy atom. The number of benzene rings is 2. The summed E-state index contributed by atoms with van der Waals surface area (Å²) in [7, 11) is 1.65. The van der Waals surface area contributed by atoms with Crippen LogP contribution in [0.15, 0.2) is 48.5 Å². The fourth-order valence-corrected chi connectivity index (χ4v) is 3.15. The van der Waals surface area contributed by atoms with Crippen LogP contribution in [0.4, 0.5) is 0 Å². The molecule has 1 saturated heterocycles. The van der Waals surface area contributed by atoms with Crippen molar-refractivity contribution < 1.29 is 14.3 Å². The third kappa shape index (κ3) is 4.83. The maximum atomic E-state index is 12.4. The van der Waals surface area contributed by atoms with Gasteiger partial charge in [-0.3, -0.25) is 4.79 Å². The lowest BCUT2D eigenvalue weighted by Gasteiger charge is -2.10. The fraction of sp³-hybridized carbons (Fsp3) is 0.381. The van der Waals surface area contributed by atoms with E-state index in [1.54, 1.807) is 7.11 Å². The average molecular weight is 339 g/mol. The van der Waals surface area contributed by atoms with Crippen molar-refractivity contribution in [1.29, 1.82) is 0 Å². The monoisotopic (exact) mass is 339 g/mol. The Bertz CT molecular complexity index is 708. The van der Waals surface area contributed by atoms with Crippen LogP contribution in [0, 0.1) is 5.92 Å². The molecule has 0 aliphatic carbocycles. The summed E-state index contributed by atoms with van der Waals surface area (Å²) in [6.45, 7) is 2.46. The summed E-state index contributed by atoms with van der Waals surface area (Å²) in [4.78, 5) is 12.4. The molecule has 1 atom stereocenters. The first kappa shape index (κ1) is 17.5. The Labute approximate surface area is 149 Å². The number of rotatable bonds is 7. The molecule has 2 aromatic rings. The van der Waals surface area contributed by atoms with Crippen molar-refractivity contribution >= 4 is 5.91 Å². The highest BCUT2D eigenvalue weighted by molar-refractivity contribution is 5.95.